The van der Waals surface area contributed by atoms with Crippen molar-refractivity contribution in [1.29, 1.82) is 0 Å². The van der Waals surface area contributed by atoms with Crippen LogP contribution in [0.5, 0.6) is 0 Å². The van der Waals surface area contributed by atoms with E-state index < -0.39 is 5.97 Å². The predicted octanol–water partition coefficient (Wildman–Crippen LogP) is 3.70. The molecular weight excluding hydrogens is 330 g/mol. The monoisotopic (exact) mass is 349 g/mol. The van der Waals surface area contributed by atoms with Crippen LogP contribution in [0.2, 0.25) is 0 Å². The summed E-state index contributed by atoms with van der Waals surface area (Å²) in [6.45, 7) is 4.98. The van der Waals surface area contributed by atoms with Crippen LogP contribution in [-0.4, -0.2) is 35.5 Å². The van der Waals surface area contributed by atoms with Gasteiger partial charge in [0.05, 0.1) is 22.6 Å². The molecule has 0 aliphatic heterocycles. The number of carbonyl (C=O) groups excluding carboxylic acids is 3. The van der Waals surface area contributed by atoms with Crippen molar-refractivity contribution in [3.63, 3.8) is 0 Å². The smallest absolute Gasteiger partial charge is 0.341 e. The molecule has 1 aromatic rings. The van der Waals surface area contributed by atoms with Gasteiger partial charge in [-0.3, -0.25) is 9.59 Å². The second kappa shape index (κ2) is 7.53. The van der Waals surface area contributed by atoms with Gasteiger partial charge in [0.2, 0.25) is 0 Å². The van der Waals surface area contributed by atoms with Crippen LogP contribution in [-0.2, 0) is 9.53 Å². The number of allylic oxidation sites excluding steroid dienone is 2. The zero-order chi connectivity index (χ0) is 17.9. The molecule has 0 spiro atoms. The van der Waals surface area contributed by atoms with Gasteiger partial charge < -0.3 is 9.84 Å². The molecule has 0 fully saturated rings. The molecule has 1 aliphatic carbocycles. The van der Waals surface area contributed by atoms with Crippen molar-refractivity contribution in [3.8, 4) is 0 Å². The maximum absolute atomic E-state index is 12.2. The summed E-state index contributed by atoms with van der Waals surface area (Å²) in [5.74, 6) is -0.896. The minimum Gasteiger partial charge on any atom is -0.512 e. The first kappa shape index (κ1) is 18.1. The van der Waals surface area contributed by atoms with Crippen molar-refractivity contribution in [2.75, 3.05) is 6.61 Å². The van der Waals surface area contributed by atoms with Crippen LogP contribution in [0.25, 0.3) is 0 Å². The first-order chi connectivity index (χ1) is 11.4. The average molecular weight is 349 g/mol. The van der Waals surface area contributed by atoms with Gasteiger partial charge in [0.25, 0.3) is 0 Å². The number of aliphatic hydroxyl groups excluding tert-OH is 1. The summed E-state index contributed by atoms with van der Waals surface area (Å²) in [7, 11) is 0. The van der Waals surface area contributed by atoms with E-state index in [0.717, 1.165) is 11.3 Å². The van der Waals surface area contributed by atoms with Gasteiger partial charge in [0, 0.05) is 19.1 Å². The molecule has 0 unspecified atom stereocenters. The van der Waals surface area contributed by atoms with Gasteiger partial charge in [-0.2, -0.15) is 0 Å². The van der Waals surface area contributed by atoms with E-state index in [1.807, 2.05) is 0 Å². The van der Waals surface area contributed by atoms with Gasteiger partial charge in [0.1, 0.15) is 10.8 Å². The fraction of sp³-hybridized carbons (Fsp3) is 0.412. The SMILES string of the molecule is CCOC(=O)c1c(N=CC2=C(O)CCCC2=O)sc(C(C)=O)c1C. The number of esters is 1. The molecule has 0 aromatic carbocycles. The van der Waals surface area contributed by atoms with Crippen LogP contribution >= 0.6 is 11.3 Å². The predicted molar refractivity (Wildman–Crippen MR) is 91.7 cm³/mol. The second-order valence-corrected chi connectivity index (χ2v) is 6.41. The Balaban J connectivity index is 2.47. The Morgan fingerprint density at radius 3 is 2.67 bits per heavy atom. The molecule has 6 nitrogen and oxygen atoms in total. The van der Waals surface area contributed by atoms with Crippen molar-refractivity contribution in [2.45, 2.75) is 40.0 Å². The summed E-state index contributed by atoms with van der Waals surface area (Å²) in [4.78, 5) is 40.4. The number of hydrogen-bond acceptors (Lipinski definition) is 7. The van der Waals surface area contributed by atoms with Crippen molar-refractivity contribution >= 4 is 40.1 Å². The lowest BCUT2D eigenvalue weighted by Gasteiger charge is -2.11. The van der Waals surface area contributed by atoms with E-state index in [0.29, 0.717) is 34.7 Å². The van der Waals surface area contributed by atoms with Crippen LogP contribution in [0.15, 0.2) is 16.3 Å². The Bertz CT molecular complexity index is 757. The van der Waals surface area contributed by atoms with Crippen LogP contribution in [0.1, 0.15) is 58.7 Å². The van der Waals surface area contributed by atoms with Gasteiger partial charge >= 0.3 is 5.97 Å². The van der Waals surface area contributed by atoms with Crippen molar-refractivity contribution in [1.82, 2.24) is 0 Å². The molecule has 0 radical (unpaired) electrons. The van der Waals surface area contributed by atoms with E-state index in [-0.39, 0.29) is 35.1 Å². The summed E-state index contributed by atoms with van der Waals surface area (Å²) >= 11 is 1.08. The fourth-order valence-corrected chi connectivity index (χ4v) is 3.52. The number of carbonyl (C=O) groups is 3. The number of aliphatic imine (C=N–C) groups is 1. The fourth-order valence-electron chi connectivity index (χ4n) is 2.49. The quantitative estimate of drug-likeness (QED) is 0.497. The number of aliphatic hydroxyl groups is 1. The molecule has 0 amide bonds. The Hall–Kier alpha value is -2.28. The average Bonchev–Trinajstić information content (AvgIpc) is 2.84. The van der Waals surface area contributed by atoms with E-state index in [1.54, 1.807) is 13.8 Å². The standard InChI is InChI=1S/C17H19NO5S/c1-4-23-17(22)14-9(2)15(10(3)19)24-16(14)18-8-11-12(20)6-5-7-13(11)21/h8,20H,4-7H2,1-3H3. The van der Waals surface area contributed by atoms with Crippen LogP contribution in [0.3, 0.4) is 0 Å². The molecule has 0 atom stereocenters. The maximum Gasteiger partial charge on any atom is 0.341 e. The normalized spacial score (nSPS) is 15.2. The van der Waals surface area contributed by atoms with Gasteiger partial charge in [-0.15, -0.1) is 11.3 Å². The number of hydrogen-bond donors (Lipinski definition) is 1. The molecule has 1 N–H and O–H groups in total. The number of rotatable bonds is 5. The van der Waals surface area contributed by atoms with Crippen molar-refractivity contribution < 1.29 is 24.2 Å². The zero-order valence-electron chi connectivity index (χ0n) is 13.8. The van der Waals surface area contributed by atoms with E-state index >= 15 is 0 Å². The molecule has 0 saturated carbocycles. The molecular formula is C17H19NO5S. The number of nitrogens with zero attached hydrogens (tertiary/aromatic N) is 1. The Kier molecular flexibility index (Phi) is 5.66. The maximum atomic E-state index is 12.2. The Morgan fingerprint density at radius 1 is 1.38 bits per heavy atom. The summed E-state index contributed by atoms with van der Waals surface area (Å²) in [6, 6.07) is 0. The zero-order valence-corrected chi connectivity index (χ0v) is 14.7. The largest absolute Gasteiger partial charge is 0.512 e. The van der Waals surface area contributed by atoms with Gasteiger partial charge in [-0.05, 0) is 32.8 Å². The van der Waals surface area contributed by atoms with Gasteiger partial charge in [-0.25, -0.2) is 9.79 Å². The Morgan fingerprint density at radius 2 is 2.08 bits per heavy atom. The molecule has 0 bridgehead atoms. The Labute approximate surface area is 143 Å². The molecule has 0 saturated heterocycles. The minimum atomic E-state index is -0.556. The highest BCUT2D eigenvalue weighted by Crippen LogP contribution is 2.36. The summed E-state index contributed by atoms with van der Waals surface area (Å²) in [6.07, 6.45) is 2.68. The number of ether oxygens (including phenoxy) is 1. The third kappa shape index (κ3) is 3.62. The summed E-state index contributed by atoms with van der Waals surface area (Å²) in [5.41, 5.74) is 0.907. The number of Topliss-reactive ketones (excluding diaryl/α,β-unsaturated/α-hetero) is 2. The second-order valence-electron chi connectivity index (χ2n) is 5.41. The summed E-state index contributed by atoms with van der Waals surface area (Å²) in [5, 5.41) is 10.2. The van der Waals surface area contributed by atoms with E-state index in [9.17, 15) is 19.5 Å². The van der Waals surface area contributed by atoms with Gasteiger partial charge in [0.15, 0.2) is 11.6 Å². The molecule has 1 heterocycles. The summed E-state index contributed by atoms with van der Waals surface area (Å²) < 4.78 is 5.03. The number of ketones is 2. The molecule has 24 heavy (non-hydrogen) atoms. The molecule has 1 aliphatic rings. The molecule has 7 heteroatoms. The third-order valence-corrected chi connectivity index (χ3v) is 4.97. The first-order valence-electron chi connectivity index (χ1n) is 7.67. The lowest BCUT2D eigenvalue weighted by Crippen LogP contribution is -2.12. The van der Waals surface area contributed by atoms with E-state index in [1.165, 1.54) is 13.1 Å². The lowest BCUT2D eigenvalue weighted by molar-refractivity contribution is -0.115. The molecule has 2 rings (SSSR count). The van der Waals surface area contributed by atoms with Crippen LogP contribution in [0, 0.1) is 6.92 Å². The van der Waals surface area contributed by atoms with E-state index in [2.05, 4.69) is 4.99 Å². The highest BCUT2D eigenvalue weighted by atomic mass is 32.1. The van der Waals surface area contributed by atoms with E-state index in [4.69, 9.17) is 4.74 Å². The van der Waals surface area contributed by atoms with Crippen molar-refractivity contribution in [3.05, 3.63) is 27.3 Å². The van der Waals surface area contributed by atoms with Crippen LogP contribution in [0.4, 0.5) is 5.00 Å². The first-order valence-corrected chi connectivity index (χ1v) is 8.49. The molecule has 128 valence electrons. The highest BCUT2D eigenvalue weighted by molar-refractivity contribution is 7.18. The molecule has 1 aromatic heterocycles. The minimum absolute atomic E-state index is 0.00718. The topological polar surface area (TPSA) is 93.0 Å². The van der Waals surface area contributed by atoms with Gasteiger partial charge in [-0.1, -0.05) is 0 Å². The number of thiophene rings is 1. The van der Waals surface area contributed by atoms with Crippen LogP contribution < -0.4 is 0 Å². The van der Waals surface area contributed by atoms with Crippen molar-refractivity contribution in [2.24, 2.45) is 4.99 Å². The highest BCUT2D eigenvalue weighted by Gasteiger charge is 2.24. The lowest BCUT2D eigenvalue weighted by atomic mass is 9.97. The third-order valence-electron chi connectivity index (χ3n) is 3.67.